The highest BCUT2D eigenvalue weighted by Gasteiger charge is 2.30. The molecule has 6 nitrogen and oxygen atoms in total. The van der Waals surface area contributed by atoms with Crippen LogP contribution in [0.3, 0.4) is 0 Å². The average Bonchev–Trinajstić information content (AvgIpc) is 3.40. The largest absolute Gasteiger partial charge is 0.490 e. The molecule has 2 amide bonds. The van der Waals surface area contributed by atoms with Crippen molar-refractivity contribution in [2.75, 3.05) is 37.6 Å². The molecule has 34 heavy (non-hydrogen) atoms. The molecule has 2 aromatic rings. The number of hydrogen-bond donors (Lipinski definition) is 0. The molecule has 2 aromatic carbocycles. The Bertz CT molecular complexity index is 997. The van der Waals surface area contributed by atoms with Crippen LogP contribution in [0.4, 0.5) is 10.1 Å². The maximum Gasteiger partial charge on any atom is 0.254 e. The van der Waals surface area contributed by atoms with Crippen molar-refractivity contribution in [3.63, 3.8) is 0 Å². The van der Waals surface area contributed by atoms with Crippen LogP contribution in [0.2, 0.25) is 0 Å². The second kappa shape index (κ2) is 10.1. The number of nitrogens with zero attached hydrogens (tertiary/aromatic N) is 3. The van der Waals surface area contributed by atoms with Gasteiger partial charge in [0.05, 0.1) is 0 Å². The van der Waals surface area contributed by atoms with Crippen molar-refractivity contribution in [1.82, 2.24) is 9.80 Å². The Morgan fingerprint density at radius 1 is 0.853 bits per heavy atom. The van der Waals surface area contributed by atoms with E-state index in [4.69, 9.17) is 4.74 Å². The van der Waals surface area contributed by atoms with E-state index in [9.17, 15) is 14.0 Å². The Kier molecular flexibility index (Phi) is 6.81. The number of likely N-dealkylation sites (tertiary alicyclic amines) is 1. The molecule has 2 aliphatic heterocycles. The molecule has 7 heteroatoms. The van der Waals surface area contributed by atoms with Gasteiger partial charge in [-0.25, -0.2) is 4.39 Å². The number of carbonyl (C=O) groups excluding carboxylic acids is 2. The first-order chi connectivity index (χ1) is 16.6. The molecule has 2 saturated heterocycles. The normalized spacial score (nSPS) is 20.7. The standard InChI is InChI=1S/C27H32FN3O3/c28-21-7-5-20(6-8-21)27(33)30-17-18-31(26(32)19-30)23-9-11-24(12-10-23)34-25-13-15-29(16-14-25)22-3-1-2-4-22/h5-12,22,25H,1-4,13-19H2. The summed E-state index contributed by atoms with van der Waals surface area (Å²) < 4.78 is 19.4. The zero-order valence-electron chi connectivity index (χ0n) is 19.5. The van der Waals surface area contributed by atoms with Crippen molar-refractivity contribution in [3.05, 3.63) is 59.9 Å². The minimum atomic E-state index is -0.389. The van der Waals surface area contributed by atoms with Gasteiger partial charge in [0.25, 0.3) is 5.91 Å². The first-order valence-electron chi connectivity index (χ1n) is 12.4. The summed E-state index contributed by atoms with van der Waals surface area (Å²) in [7, 11) is 0. The van der Waals surface area contributed by atoms with E-state index in [0.29, 0.717) is 18.7 Å². The van der Waals surface area contributed by atoms with Gasteiger partial charge in [-0.15, -0.1) is 0 Å². The van der Waals surface area contributed by atoms with Crippen molar-refractivity contribution < 1.29 is 18.7 Å². The molecule has 0 bridgehead atoms. The van der Waals surface area contributed by atoms with Gasteiger partial charge >= 0.3 is 0 Å². The summed E-state index contributed by atoms with van der Waals surface area (Å²) in [6, 6.07) is 13.9. The van der Waals surface area contributed by atoms with Gasteiger partial charge < -0.3 is 19.4 Å². The highest BCUT2D eigenvalue weighted by atomic mass is 19.1. The molecule has 0 atom stereocenters. The highest BCUT2D eigenvalue weighted by Crippen LogP contribution is 2.28. The minimum Gasteiger partial charge on any atom is -0.490 e. The number of hydrogen-bond acceptors (Lipinski definition) is 4. The number of halogens is 1. The zero-order chi connectivity index (χ0) is 23.5. The molecule has 0 radical (unpaired) electrons. The maximum atomic E-state index is 13.1. The third-order valence-electron chi connectivity index (χ3n) is 7.37. The van der Waals surface area contributed by atoms with E-state index in [2.05, 4.69) is 4.90 Å². The van der Waals surface area contributed by atoms with Gasteiger partial charge in [0.2, 0.25) is 5.91 Å². The summed E-state index contributed by atoms with van der Waals surface area (Å²) in [6.07, 6.45) is 7.79. The molecule has 2 heterocycles. The van der Waals surface area contributed by atoms with Crippen LogP contribution in [0.5, 0.6) is 5.75 Å². The molecule has 180 valence electrons. The lowest BCUT2D eigenvalue weighted by Gasteiger charge is -2.36. The molecule has 0 N–H and O–H groups in total. The van der Waals surface area contributed by atoms with E-state index < -0.39 is 0 Å². The fourth-order valence-corrected chi connectivity index (χ4v) is 5.42. The fourth-order valence-electron chi connectivity index (χ4n) is 5.42. The van der Waals surface area contributed by atoms with Crippen molar-refractivity contribution >= 4 is 17.5 Å². The lowest BCUT2D eigenvalue weighted by Crippen LogP contribution is -2.52. The first-order valence-corrected chi connectivity index (χ1v) is 12.4. The SMILES string of the molecule is O=C(c1ccc(F)cc1)N1CCN(c2ccc(OC3CCN(C4CCCC4)CC3)cc2)C(=O)C1. The number of rotatable bonds is 5. The number of piperidine rings is 1. The second-order valence-electron chi connectivity index (χ2n) is 9.56. The average molecular weight is 466 g/mol. The van der Waals surface area contributed by atoms with Gasteiger partial charge in [-0.3, -0.25) is 9.59 Å². The zero-order valence-corrected chi connectivity index (χ0v) is 19.5. The van der Waals surface area contributed by atoms with Crippen molar-refractivity contribution in [2.45, 2.75) is 50.7 Å². The number of piperazine rings is 1. The predicted molar refractivity (Wildman–Crippen MR) is 129 cm³/mol. The predicted octanol–water partition coefficient (Wildman–Crippen LogP) is 4.10. The molecule has 0 spiro atoms. The van der Waals surface area contributed by atoms with E-state index in [1.165, 1.54) is 54.8 Å². The van der Waals surface area contributed by atoms with Crippen LogP contribution in [0, 0.1) is 5.82 Å². The topological polar surface area (TPSA) is 53.1 Å². The van der Waals surface area contributed by atoms with Crippen molar-refractivity contribution in [3.8, 4) is 5.75 Å². The highest BCUT2D eigenvalue weighted by molar-refractivity contribution is 6.01. The van der Waals surface area contributed by atoms with Crippen LogP contribution in [0.25, 0.3) is 0 Å². The maximum absolute atomic E-state index is 13.1. The summed E-state index contributed by atoms with van der Waals surface area (Å²) in [6.45, 7) is 3.09. The molecule has 5 rings (SSSR count). The van der Waals surface area contributed by atoms with Gasteiger partial charge in [-0.2, -0.15) is 0 Å². The van der Waals surface area contributed by atoms with Crippen molar-refractivity contribution in [1.29, 1.82) is 0 Å². The minimum absolute atomic E-state index is 0.00797. The van der Waals surface area contributed by atoms with Gasteiger partial charge in [0.15, 0.2) is 0 Å². The molecular weight excluding hydrogens is 433 g/mol. The van der Waals surface area contributed by atoms with Crippen LogP contribution in [0.15, 0.2) is 48.5 Å². The molecular formula is C27H32FN3O3. The third-order valence-corrected chi connectivity index (χ3v) is 7.37. The first kappa shape index (κ1) is 22.8. The third kappa shape index (κ3) is 5.09. The van der Waals surface area contributed by atoms with E-state index in [1.807, 2.05) is 24.3 Å². The van der Waals surface area contributed by atoms with E-state index in [-0.39, 0.29) is 30.3 Å². The quantitative estimate of drug-likeness (QED) is 0.667. The Morgan fingerprint density at radius 3 is 2.18 bits per heavy atom. The van der Waals surface area contributed by atoms with Gasteiger partial charge in [0.1, 0.15) is 24.2 Å². The van der Waals surface area contributed by atoms with Crippen LogP contribution in [-0.2, 0) is 4.79 Å². The smallest absolute Gasteiger partial charge is 0.254 e. The number of carbonyl (C=O) groups is 2. The summed E-state index contributed by atoms with van der Waals surface area (Å²) in [4.78, 5) is 31.3. The molecule has 1 aliphatic carbocycles. The Morgan fingerprint density at radius 2 is 1.53 bits per heavy atom. The van der Waals surface area contributed by atoms with E-state index >= 15 is 0 Å². The van der Waals surface area contributed by atoms with Gasteiger partial charge in [-0.05, 0) is 74.2 Å². The van der Waals surface area contributed by atoms with Gasteiger partial charge in [0, 0.05) is 43.5 Å². The lowest BCUT2D eigenvalue weighted by molar-refractivity contribution is -0.120. The Hall–Kier alpha value is -2.93. The summed E-state index contributed by atoms with van der Waals surface area (Å²) in [5.41, 5.74) is 1.19. The lowest BCUT2D eigenvalue weighted by atomic mass is 10.0. The van der Waals surface area contributed by atoms with Crippen molar-refractivity contribution in [2.24, 2.45) is 0 Å². The Labute approximate surface area is 200 Å². The summed E-state index contributed by atoms with van der Waals surface area (Å²) in [5.74, 6) is 0.0606. The van der Waals surface area contributed by atoms with Crippen LogP contribution >= 0.6 is 0 Å². The summed E-state index contributed by atoms with van der Waals surface area (Å²) >= 11 is 0. The monoisotopic (exact) mass is 465 g/mol. The van der Waals surface area contributed by atoms with E-state index in [1.54, 1.807) is 4.90 Å². The number of amides is 2. The van der Waals surface area contributed by atoms with Crippen LogP contribution < -0.4 is 9.64 Å². The van der Waals surface area contributed by atoms with E-state index in [0.717, 1.165) is 43.4 Å². The molecule has 3 fully saturated rings. The van der Waals surface area contributed by atoms with Crippen LogP contribution in [0.1, 0.15) is 48.9 Å². The Balaban J connectivity index is 1.12. The van der Waals surface area contributed by atoms with Gasteiger partial charge in [-0.1, -0.05) is 12.8 Å². The number of anilines is 1. The number of benzene rings is 2. The second-order valence-corrected chi connectivity index (χ2v) is 9.56. The fraction of sp³-hybridized carbons (Fsp3) is 0.481. The molecule has 3 aliphatic rings. The molecule has 0 unspecified atom stereocenters. The van der Waals surface area contributed by atoms with Crippen LogP contribution in [-0.4, -0.2) is 66.5 Å². The number of ether oxygens (including phenoxy) is 1. The molecule has 0 aromatic heterocycles. The molecule has 1 saturated carbocycles. The summed E-state index contributed by atoms with van der Waals surface area (Å²) in [5, 5.41) is 0.